The minimum atomic E-state index is -3.08. The second-order valence-corrected chi connectivity index (χ2v) is 8.50. The SMILES string of the molecule is O=C(Cn1nc(-c2ccccc2Cl)ccc1=O)N[C@@H]1CCS(=O)(=O)C1. The molecule has 1 aromatic heterocycles. The third kappa shape index (κ3) is 4.26. The van der Waals surface area contributed by atoms with E-state index in [4.69, 9.17) is 11.6 Å². The van der Waals surface area contributed by atoms with Crippen LogP contribution >= 0.6 is 11.6 Å². The molecule has 1 amide bonds. The van der Waals surface area contributed by atoms with E-state index in [2.05, 4.69) is 10.4 Å². The zero-order valence-electron chi connectivity index (χ0n) is 13.2. The maximum Gasteiger partial charge on any atom is 0.267 e. The van der Waals surface area contributed by atoms with Gasteiger partial charge in [0.2, 0.25) is 5.91 Å². The Morgan fingerprint density at radius 3 is 2.72 bits per heavy atom. The smallest absolute Gasteiger partial charge is 0.267 e. The molecular weight excluding hydrogens is 366 g/mol. The number of nitrogens with zero attached hydrogens (tertiary/aromatic N) is 2. The number of amides is 1. The molecule has 1 aromatic carbocycles. The fourth-order valence-electron chi connectivity index (χ4n) is 2.69. The fourth-order valence-corrected chi connectivity index (χ4v) is 4.60. The largest absolute Gasteiger partial charge is 0.351 e. The first-order valence-corrected chi connectivity index (χ1v) is 9.87. The molecule has 132 valence electrons. The highest BCUT2D eigenvalue weighted by atomic mass is 35.5. The van der Waals surface area contributed by atoms with Crippen molar-refractivity contribution in [3.8, 4) is 11.3 Å². The van der Waals surface area contributed by atoms with E-state index in [1.807, 2.05) is 0 Å². The zero-order valence-corrected chi connectivity index (χ0v) is 14.8. The number of aromatic nitrogens is 2. The molecule has 1 saturated heterocycles. The number of halogens is 1. The summed E-state index contributed by atoms with van der Waals surface area (Å²) in [6.07, 6.45) is 0.385. The number of carbonyl (C=O) groups excluding carboxylic acids is 1. The molecule has 1 fully saturated rings. The minimum Gasteiger partial charge on any atom is -0.351 e. The van der Waals surface area contributed by atoms with Crippen molar-refractivity contribution in [2.45, 2.75) is 19.0 Å². The quantitative estimate of drug-likeness (QED) is 0.847. The van der Waals surface area contributed by atoms with Crippen LogP contribution in [0.2, 0.25) is 5.02 Å². The van der Waals surface area contributed by atoms with E-state index in [-0.39, 0.29) is 18.1 Å². The van der Waals surface area contributed by atoms with Crippen molar-refractivity contribution in [3.63, 3.8) is 0 Å². The predicted molar refractivity (Wildman–Crippen MR) is 94.1 cm³/mol. The Hall–Kier alpha value is -2.19. The van der Waals surface area contributed by atoms with Gasteiger partial charge in [0.25, 0.3) is 5.56 Å². The molecule has 25 heavy (non-hydrogen) atoms. The van der Waals surface area contributed by atoms with E-state index >= 15 is 0 Å². The molecule has 0 aliphatic carbocycles. The summed E-state index contributed by atoms with van der Waals surface area (Å²) in [7, 11) is -3.08. The third-order valence-electron chi connectivity index (χ3n) is 3.91. The summed E-state index contributed by atoms with van der Waals surface area (Å²) in [5, 5.41) is 7.31. The Morgan fingerprint density at radius 2 is 2.04 bits per heavy atom. The average molecular weight is 382 g/mol. The van der Waals surface area contributed by atoms with E-state index in [0.29, 0.717) is 22.7 Å². The Kier molecular flexibility index (Phi) is 4.91. The predicted octanol–water partition coefficient (Wildman–Crippen LogP) is 0.867. The normalized spacial score (nSPS) is 18.8. The maximum atomic E-state index is 12.1. The summed E-state index contributed by atoms with van der Waals surface area (Å²) in [4.78, 5) is 24.1. The summed E-state index contributed by atoms with van der Waals surface area (Å²) in [5.41, 5.74) is 0.701. The molecule has 0 spiro atoms. The van der Waals surface area contributed by atoms with Gasteiger partial charge in [0, 0.05) is 17.7 Å². The maximum absolute atomic E-state index is 12.1. The van der Waals surface area contributed by atoms with Gasteiger partial charge in [0.05, 0.1) is 22.2 Å². The van der Waals surface area contributed by atoms with E-state index in [9.17, 15) is 18.0 Å². The molecule has 0 bridgehead atoms. The average Bonchev–Trinajstić information content (AvgIpc) is 2.89. The first kappa shape index (κ1) is 17.6. The van der Waals surface area contributed by atoms with Crippen LogP contribution in [-0.4, -0.2) is 41.7 Å². The second-order valence-electron chi connectivity index (χ2n) is 5.86. The molecule has 3 rings (SSSR count). The lowest BCUT2D eigenvalue weighted by Gasteiger charge is -2.12. The highest BCUT2D eigenvalue weighted by molar-refractivity contribution is 7.91. The van der Waals surface area contributed by atoms with Crippen molar-refractivity contribution in [1.29, 1.82) is 0 Å². The van der Waals surface area contributed by atoms with Crippen LogP contribution in [0.4, 0.5) is 0 Å². The fraction of sp³-hybridized carbons (Fsp3) is 0.312. The van der Waals surface area contributed by atoms with Gasteiger partial charge in [-0.05, 0) is 18.6 Å². The summed E-state index contributed by atoms with van der Waals surface area (Å²) in [6.45, 7) is -0.284. The van der Waals surface area contributed by atoms with Gasteiger partial charge in [-0.25, -0.2) is 13.1 Å². The van der Waals surface area contributed by atoms with Crippen LogP contribution in [0.3, 0.4) is 0 Å². The van der Waals surface area contributed by atoms with Gasteiger partial charge in [-0.2, -0.15) is 5.10 Å². The van der Waals surface area contributed by atoms with Crippen LogP contribution in [-0.2, 0) is 21.2 Å². The molecule has 2 heterocycles. The molecule has 1 aliphatic heterocycles. The van der Waals surface area contributed by atoms with Gasteiger partial charge in [-0.1, -0.05) is 29.8 Å². The van der Waals surface area contributed by atoms with Gasteiger partial charge in [0.1, 0.15) is 6.54 Å². The second kappa shape index (κ2) is 6.97. The van der Waals surface area contributed by atoms with Crippen LogP contribution in [0.5, 0.6) is 0 Å². The molecule has 0 radical (unpaired) electrons. The van der Waals surface area contributed by atoms with Crippen molar-refractivity contribution in [3.05, 3.63) is 51.8 Å². The van der Waals surface area contributed by atoms with Crippen molar-refractivity contribution in [1.82, 2.24) is 15.1 Å². The van der Waals surface area contributed by atoms with E-state index in [0.717, 1.165) is 4.68 Å². The first-order chi connectivity index (χ1) is 11.8. The van der Waals surface area contributed by atoms with E-state index in [1.54, 1.807) is 30.3 Å². The van der Waals surface area contributed by atoms with Crippen molar-refractivity contribution < 1.29 is 13.2 Å². The van der Waals surface area contributed by atoms with Crippen molar-refractivity contribution in [2.24, 2.45) is 0 Å². The van der Waals surface area contributed by atoms with E-state index < -0.39 is 27.3 Å². The highest BCUT2D eigenvalue weighted by Crippen LogP contribution is 2.24. The summed E-state index contributed by atoms with van der Waals surface area (Å²) >= 11 is 6.13. The number of hydrogen-bond acceptors (Lipinski definition) is 5. The number of sulfone groups is 1. The number of carbonyl (C=O) groups is 1. The molecule has 7 nitrogen and oxygen atoms in total. The Morgan fingerprint density at radius 1 is 1.28 bits per heavy atom. The van der Waals surface area contributed by atoms with Crippen molar-refractivity contribution >= 4 is 27.3 Å². The Balaban J connectivity index is 1.76. The Bertz CT molecular complexity index is 971. The lowest BCUT2D eigenvalue weighted by atomic mass is 10.1. The molecule has 1 atom stereocenters. The van der Waals surface area contributed by atoms with Gasteiger partial charge in [-0.3, -0.25) is 9.59 Å². The van der Waals surface area contributed by atoms with Crippen LogP contribution in [0.15, 0.2) is 41.2 Å². The molecule has 0 unspecified atom stereocenters. The number of hydrogen-bond donors (Lipinski definition) is 1. The molecule has 9 heteroatoms. The Labute approximate surface area is 149 Å². The topological polar surface area (TPSA) is 98.1 Å². The van der Waals surface area contributed by atoms with Crippen LogP contribution in [0.1, 0.15) is 6.42 Å². The van der Waals surface area contributed by atoms with Gasteiger partial charge < -0.3 is 5.32 Å². The molecule has 1 aliphatic rings. The summed E-state index contributed by atoms with van der Waals surface area (Å²) in [5.74, 6) is -0.452. The number of nitrogens with one attached hydrogen (secondary N) is 1. The zero-order chi connectivity index (χ0) is 18.0. The molecule has 0 saturated carbocycles. The summed E-state index contributed by atoms with van der Waals surface area (Å²) in [6, 6.07) is 9.50. The highest BCUT2D eigenvalue weighted by Gasteiger charge is 2.29. The van der Waals surface area contributed by atoms with Gasteiger partial charge >= 0.3 is 0 Å². The minimum absolute atomic E-state index is 0.0676. The van der Waals surface area contributed by atoms with Crippen molar-refractivity contribution in [2.75, 3.05) is 11.5 Å². The van der Waals surface area contributed by atoms with Gasteiger partial charge in [0.15, 0.2) is 9.84 Å². The number of rotatable bonds is 4. The lowest BCUT2D eigenvalue weighted by molar-refractivity contribution is -0.122. The molecule has 2 aromatic rings. The number of benzene rings is 1. The van der Waals surface area contributed by atoms with Crippen LogP contribution in [0.25, 0.3) is 11.3 Å². The first-order valence-electron chi connectivity index (χ1n) is 7.67. The van der Waals surface area contributed by atoms with Crippen LogP contribution in [0, 0.1) is 0 Å². The molecular formula is C16H16ClN3O4S. The van der Waals surface area contributed by atoms with Crippen LogP contribution < -0.4 is 10.9 Å². The standard InChI is InChI=1S/C16H16ClN3O4S/c17-13-4-2-1-3-12(13)14-5-6-16(22)20(19-14)9-15(21)18-11-7-8-25(23,24)10-11/h1-6,11H,7-10H2,(H,18,21)/t11-/m1/s1. The lowest BCUT2D eigenvalue weighted by Crippen LogP contribution is -2.40. The third-order valence-corrected chi connectivity index (χ3v) is 6.00. The monoisotopic (exact) mass is 381 g/mol. The molecule has 1 N–H and O–H groups in total. The summed E-state index contributed by atoms with van der Waals surface area (Å²) < 4.78 is 23.9. The van der Waals surface area contributed by atoms with Gasteiger partial charge in [-0.15, -0.1) is 0 Å². The van der Waals surface area contributed by atoms with E-state index in [1.165, 1.54) is 6.07 Å².